The predicted molar refractivity (Wildman–Crippen MR) is 175 cm³/mol. The molecule has 0 aliphatic carbocycles. The highest BCUT2D eigenvalue weighted by atomic mass is 35.5. The van der Waals surface area contributed by atoms with Gasteiger partial charge in [-0.3, -0.25) is 14.4 Å². The summed E-state index contributed by atoms with van der Waals surface area (Å²) in [5.74, 6) is -2.78. The molecule has 1 aromatic heterocycles. The highest BCUT2D eigenvalue weighted by molar-refractivity contribution is 7.21. The van der Waals surface area contributed by atoms with Gasteiger partial charge in [0.15, 0.2) is 11.5 Å². The summed E-state index contributed by atoms with van der Waals surface area (Å²) in [4.78, 5) is 51.0. The second-order valence-electron chi connectivity index (χ2n) is 9.56. The SMILES string of the molecule is COc1cc(/C=N/NC(=O)C(=O)Nc2ccccc2C(=O)Nc2cccc(C)c2)ccc1OC(=O)c1sc2ccccc2c1Cl. The van der Waals surface area contributed by atoms with E-state index < -0.39 is 23.7 Å². The molecule has 10 nitrogen and oxygen atoms in total. The van der Waals surface area contributed by atoms with Crippen molar-refractivity contribution in [2.24, 2.45) is 5.10 Å². The number of amides is 3. The van der Waals surface area contributed by atoms with Crippen LogP contribution >= 0.6 is 22.9 Å². The molecule has 0 saturated heterocycles. The van der Waals surface area contributed by atoms with Gasteiger partial charge in [0.1, 0.15) is 4.88 Å². The lowest BCUT2D eigenvalue weighted by atomic mass is 10.1. The minimum atomic E-state index is -1.06. The average Bonchev–Trinajstić information content (AvgIpc) is 3.38. The van der Waals surface area contributed by atoms with Crippen LogP contribution in [0.4, 0.5) is 11.4 Å². The number of halogens is 1. The van der Waals surface area contributed by atoms with Crippen LogP contribution in [0.25, 0.3) is 10.1 Å². The van der Waals surface area contributed by atoms with E-state index in [1.54, 1.807) is 24.3 Å². The number of hydrazone groups is 1. The first-order chi connectivity index (χ1) is 21.7. The summed E-state index contributed by atoms with van der Waals surface area (Å²) < 4.78 is 11.8. The van der Waals surface area contributed by atoms with Crippen molar-refractivity contribution in [2.45, 2.75) is 6.92 Å². The summed E-state index contributed by atoms with van der Waals surface area (Å²) in [6.45, 7) is 1.90. The first kappa shape index (κ1) is 30.9. The van der Waals surface area contributed by atoms with Crippen molar-refractivity contribution in [1.29, 1.82) is 0 Å². The van der Waals surface area contributed by atoms with Crippen molar-refractivity contribution in [3.63, 3.8) is 0 Å². The maximum Gasteiger partial charge on any atom is 0.355 e. The molecule has 45 heavy (non-hydrogen) atoms. The van der Waals surface area contributed by atoms with Gasteiger partial charge >= 0.3 is 17.8 Å². The first-order valence-electron chi connectivity index (χ1n) is 13.4. The van der Waals surface area contributed by atoms with E-state index in [0.29, 0.717) is 16.3 Å². The summed E-state index contributed by atoms with van der Waals surface area (Å²) in [5.41, 5.74) is 4.51. The molecule has 0 bridgehead atoms. The molecular formula is C33H25ClN4O6S. The highest BCUT2D eigenvalue weighted by Crippen LogP contribution is 2.37. The summed E-state index contributed by atoms with van der Waals surface area (Å²) in [5, 5.41) is 10.1. The molecule has 0 unspecified atom stereocenters. The Hall–Kier alpha value is -5.52. The number of thiophene rings is 1. The van der Waals surface area contributed by atoms with Gasteiger partial charge in [-0.05, 0) is 66.6 Å². The number of carbonyl (C=O) groups is 4. The van der Waals surface area contributed by atoms with Gasteiger partial charge in [0.2, 0.25) is 0 Å². The molecule has 4 aromatic carbocycles. The molecule has 0 aliphatic rings. The number of rotatable bonds is 8. The largest absolute Gasteiger partial charge is 0.493 e. The molecule has 0 saturated carbocycles. The third-order valence-electron chi connectivity index (χ3n) is 6.39. The Bertz CT molecular complexity index is 1970. The molecule has 5 aromatic rings. The van der Waals surface area contributed by atoms with Crippen LogP contribution in [0.15, 0.2) is 96.1 Å². The zero-order valence-electron chi connectivity index (χ0n) is 23.9. The lowest BCUT2D eigenvalue weighted by Crippen LogP contribution is -2.33. The number of nitrogens with zero attached hydrogens (tertiary/aromatic N) is 1. The van der Waals surface area contributed by atoms with Crippen molar-refractivity contribution >= 4 is 74.3 Å². The van der Waals surface area contributed by atoms with Crippen LogP contribution in [0.1, 0.15) is 31.2 Å². The van der Waals surface area contributed by atoms with Gasteiger partial charge in [0, 0.05) is 15.8 Å². The Morgan fingerprint density at radius 1 is 0.844 bits per heavy atom. The van der Waals surface area contributed by atoms with Crippen molar-refractivity contribution in [1.82, 2.24) is 5.43 Å². The number of benzene rings is 4. The minimum Gasteiger partial charge on any atom is -0.493 e. The Labute approximate surface area is 266 Å². The summed E-state index contributed by atoms with van der Waals surface area (Å²) >= 11 is 7.63. The second kappa shape index (κ2) is 13.8. The van der Waals surface area contributed by atoms with E-state index in [1.165, 1.54) is 48.9 Å². The van der Waals surface area contributed by atoms with E-state index in [1.807, 2.05) is 49.4 Å². The maximum absolute atomic E-state index is 12.9. The fourth-order valence-electron chi connectivity index (χ4n) is 4.25. The lowest BCUT2D eigenvalue weighted by molar-refractivity contribution is -0.136. The topological polar surface area (TPSA) is 135 Å². The molecule has 0 atom stereocenters. The number of esters is 1. The van der Waals surface area contributed by atoms with Gasteiger partial charge in [-0.1, -0.05) is 54.1 Å². The van der Waals surface area contributed by atoms with Gasteiger partial charge in [0.25, 0.3) is 5.91 Å². The smallest absolute Gasteiger partial charge is 0.355 e. The fourth-order valence-corrected chi connectivity index (χ4v) is 5.63. The number of nitrogens with one attached hydrogen (secondary N) is 3. The number of para-hydroxylation sites is 1. The molecule has 226 valence electrons. The van der Waals surface area contributed by atoms with E-state index in [4.69, 9.17) is 21.1 Å². The van der Waals surface area contributed by atoms with Crippen molar-refractivity contribution in [3.05, 3.63) is 118 Å². The lowest BCUT2D eigenvalue weighted by Gasteiger charge is -2.11. The molecule has 5 rings (SSSR count). The van der Waals surface area contributed by atoms with Crippen LogP contribution in [0.2, 0.25) is 5.02 Å². The molecule has 0 aliphatic heterocycles. The zero-order valence-corrected chi connectivity index (χ0v) is 25.5. The molecule has 0 spiro atoms. The van der Waals surface area contributed by atoms with E-state index in [-0.39, 0.29) is 27.6 Å². The number of anilines is 2. The Morgan fingerprint density at radius 3 is 2.40 bits per heavy atom. The summed E-state index contributed by atoms with van der Waals surface area (Å²) in [6.07, 6.45) is 1.28. The van der Waals surface area contributed by atoms with Crippen LogP contribution in [-0.2, 0) is 9.59 Å². The number of fused-ring (bicyclic) bond motifs is 1. The molecule has 0 fully saturated rings. The summed E-state index contributed by atoms with van der Waals surface area (Å²) in [6, 6.07) is 25.6. The van der Waals surface area contributed by atoms with Crippen molar-refractivity contribution in [2.75, 3.05) is 17.7 Å². The van der Waals surface area contributed by atoms with Gasteiger partial charge < -0.3 is 20.1 Å². The quantitative estimate of drug-likeness (QED) is 0.0588. The first-order valence-corrected chi connectivity index (χ1v) is 14.6. The van der Waals surface area contributed by atoms with E-state index in [9.17, 15) is 19.2 Å². The number of hydrogen-bond donors (Lipinski definition) is 3. The monoisotopic (exact) mass is 640 g/mol. The van der Waals surface area contributed by atoms with Crippen molar-refractivity contribution < 1.29 is 28.7 Å². The minimum absolute atomic E-state index is 0.151. The van der Waals surface area contributed by atoms with Crippen LogP contribution in [0.3, 0.4) is 0 Å². The summed E-state index contributed by atoms with van der Waals surface area (Å²) in [7, 11) is 1.41. The Morgan fingerprint density at radius 2 is 1.62 bits per heavy atom. The standard InChI is InChI=1S/C33H25ClN4O6S/c1-19-8-7-9-21(16-19)36-30(39)22-10-3-5-12-24(22)37-31(40)32(41)38-35-18-20-14-15-25(26(17-20)43-2)44-33(42)29-28(34)23-11-4-6-13-27(23)45-29/h3-18H,1-2H3,(H,36,39)(H,37,40)(H,38,41)/b35-18+. The van der Waals surface area contributed by atoms with Crippen LogP contribution in [0, 0.1) is 6.92 Å². The molecule has 1 heterocycles. The number of methoxy groups -OCH3 is 1. The van der Waals surface area contributed by atoms with Gasteiger partial charge in [0.05, 0.1) is 29.6 Å². The number of carbonyl (C=O) groups excluding carboxylic acids is 4. The maximum atomic E-state index is 12.9. The third kappa shape index (κ3) is 7.35. The molecule has 3 amide bonds. The number of ether oxygens (including phenoxy) is 2. The molecule has 3 N–H and O–H groups in total. The predicted octanol–water partition coefficient (Wildman–Crippen LogP) is 6.43. The number of hydrogen-bond acceptors (Lipinski definition) is 8. The Balaban J connectivity index is 1.20. The van der Waals surface area contributed by atoms with Crippen LogP contribution in [-0.4, -0.2) is 37.0 Å². The average molecular weight is 641 g/mol. The molecule has 12 heteroatoms. The van der Waals surface area contributed by atoms with Crippen LogP contribution < -0.4 is 25.5 Å². The van der Waals surface area contributed by atoms with Gasteiger partial charge in [-0.15, -0.1) is 11.3 Å². The van der Waals surface area contributed by atoms with Gasteiger partial charge in [-0.2, -0.15) is 5.10 Å². The normalized spacial score (nSPS) is 10.8. The Kier molecular flexibility index (Phi) is 9.51. The third-order valence-corrected chi connectivity index (χ3v) is 8.05. The van der Waals surface area contributed by atoms with E-state index in [0.717, 1.165) is 15.6 Å². The fraction of sp³-hybridized carbons (Fsp3) is 0.0606. The number of aryl methyl sites for hydroxylation is 1. The van der Waals surface area contributed by atoms with E-state index >= 15 is 0 Å². The zero-order chi connectivity index (χ0) is 31.9. The van der Waals surface area contributed by atoms with Crippen molar-refractivity contribution in [3.8, 4) is 11.5 Å². The second-order valence-corrected chi connectivity index (χ2v) is 11.0. The molecular weight excluding hydrogens is 616 g/mol. The van der Waals surface area contributed by atoms with E-state index in [2.05, 4.69) is 21.2 Å². The highest BCUT2D eigenvalue weighted by Gasteiger charge is 2.21. The van der Waals surface area contributed by atoms with Gasteiger partial charge in [-0.25, -0.2) is 10.2 Å². The van der Waals surface area contributed by atoms with Crippen LogP contribution in [0.5, 0.6) is 11.5 Å². The molecule has 0 radical (unpaired) electrons.